The van der Waals surface area contributed by atoms with E-state index >= 15 is 0 Å². The first-order valence-corrected chi connectivity index (χ1v) is 3.87. The largest absolute Gasteiger partial charge is 1.00 e. The molecule has 40 valence electrons. The van der Waals surface area contributed by atoms with Crippen LogP contribution in [-0.2, 0) is 4.57 Å². The van der Waals surface area contributed by atoms with Crippen LogP contribution in [0.4, 0.5) is 0 Å². The molecule has 0 aromatic carbocycles. The zero-order chi connectivity index (χ0) is 5.86. The van der Waals surface area contributed by atoms with Crippen molar-refractivity contribution in [2.24, 2.45) is 0 Å². The Hall–Kier alpha value is 3.47. The Labute approximate surface area is 126 Å². The Bertz CT molecular complexity index is 47.1. The molecule has 0 spiro atoms. The molecule has 0 aromatic rings. The van der Waals surface area contributed by atoms with Gasteiger partial charge in [0.05, 0.1) is 0 Å². The second-order valence-corrected chi connectivity index (χ2v) is 5.33. The van der Waals surface area contributed by atoms with Crippen molar-refractivity contribution < 1.29 is 73.7 Å². The predicted molar refractivity (Wildman–Crippen MR) is 40.6 cm³/mol. The van der Waals surface area contributed by atoms with Crippen LogP contribution in [0.3, 0.4) is 0 Å². The van der Waals surface area contributed by atoms with Crippen LogP contribution in [-0.4, -0.2) is 9.95 Å². The third kappa shape index (κ3) is 18.4. The topological polar surface area (TPSA) is 55.3 Å². The minimum absolute atomic E-state index is 0. The molecule has 0 amide bonds. The standard InChI is InChI=1S/B2I2O3.2Na/c3-1(4)7-2(5)6;;/q-2;2*+1. The zero-order valence-corrected chi connectivity index (χ0v) is 13.5. The van der Waals surface area contributed by atoms with Crippen molar-refractivity contribution in [2.45, 2.75) is 0 Å². The van der Waals surface area contributed by atoms with E-state index < -0.39 is 7.32 Å². The van der Waals surface area contributed by atoms with Crippen molar-refractivity contribution in [3.63, 3.8) is 0 Å². The van der Waals surface area contributed by atoms with Crippen molar-refractivity contribution in [1.29, 1.82) is 0 Å². The van der Waals surface area contributed by atoms with E-state index in [1.165, 1.54) is 0 Å². The van der Waals surface area contributed by atoms with Gasteiger partial charge in [-0.15, -0.1) is 0 Å². The molecule has 0 saturated carbocycles. The molecule has 0 saturated heterocycles. The summed E-state index contributed by atoms with van der Waals surface area (Å²) in [5.74, 6) is 0. The van der Waals surface area contributed by atoms with Crippen LogP contribution < -0.4 is 69.2 Å². The third-order valence-electron chi connectivity index (χ3n) is 0.214. The van der Waals surface area contributed by atoms with Crippen molar-refractivity contribution in [3.8, 4) is 0 Å². The maximum atomic E-state index is 9.55. The average Bonchev–Trinajstić information content (AvgIpc) is 1.27. The Balaban J connectivity index is -0.000000180. The quantitative estimate of drug-likeness (QED) is 0.359. The average molecular weight is 369 g/mol. The van der Waals surface area contributed by atoms with Crippen molar-refractivity contribution in [3.05, 3.63) is 0 Å². The van der Waals surface area contributed by atoms with Crippen molar-refractivity contribution in [2.75, 3.05) is 0 Å². The molecule has 0 bridgehead atoms. The fraction of sp³-hybridized carbons (Fsp3) is 0. The molecular formula is B2I2Na2O3. The van der Waals surface area contributed by atoms with E-state index in [4.69, 9.17) is 0 Å². The number of hydrogen-bond donors (Lipinski definition) is 0. The third-order valence-corrected chi connectivity index (χ3v) is 0.801. The van der Waals surface area contributed by atoms with Gasteiger partial charge in [-0.3, -0.25) is 0 Å². The molecule has 0 aliphatic carbocycles. The van der Waals surface area contributed by atoms with Gasteiger partial charge < -0.3 is 14.6 Å². The first-order chi connectivity index (χ1) is 3.13. The maximum absolute atomic E-state index is 9.55. The first kappa shape index (κ1) is 18.3. The fourth-order valence-electron chi connectivity index (χ4n) is 0.0840. The van der Waals surface area contributed by atoms with Crippen molar-refractivity contribution in [1.82, 2.24) is 0 Å². The Morgan fingerprint density at radius 1 is 1.11 bits per heavy atom. The summed E-state index contributed by atoms with van der Waals surface area (Å²) in [6, 6.07) is 0. The summed E-state index contributed by atoms with van der Waals surface area (Å²) >= 11 is 3.64. The summed E-state index contributed by atoms with van der Waals surface area (Å²) in [6.45, 7) is 0. The van der Waals surface area contributed by atoms with E-state index in [2.05, 4.69) is 4.57 Å². The van der Waals surface area contributed by atoms with E-state index in [1.54, 1.807) is 0 Å². The van der Waals surface area contributed by atoms with Gasteiger partial charge in [0.15, 0.2) is 0 Å². The fourth-order valence-corrected chi connectivity index (χ4v) is 0.563. The van der Waals surface area contributed by atoms with E-state index in [1.807, 2.05) is 44.7 Å². The van der Waals surface area contributed by atoms with Crippen LogP contribution >= 0.6 is 44.7 Å². The Morgan fingerprint density at radius 3 is 1.44 bits per heavy atom. The zero-order valence-electron chi connectivity index (χ0n) is 5.14. The predicted octanol–water partition coefficient (Wildman–Crippen LogP) is -7.43. The van der Waals surface area contributed by atoms with Gasteiger partial charge in [-0.25, -0.2) is 0 Å². The minimum atomic E-state index is -2.14. The molecular weight excluding hydrogens is 369 g/mol. The SMILES string of the molecule is [Na+].[Na+].[O-]B([O-])OB(I)I. The van der Waals surface area contributed by atoms with E-state index in [0.717, 1.165) is 0 Å². The Kier molecular flexibility index (Phi) is 23.3. The van der Waals surface area contributed by atoms with Gasteiger partial charge in [-0.2, -0.15) is 0 Å². The summed E-state index contributed by atoms with van der Waals surface area (Å²) in [7, 11) is -2.14. The van der Waals surface area contributed by atoms with Crippen LogP contribution in [0.5, 0.6) is 0 Å². The molecule has 9 heavy (non-hydrogen) atoms. The van der Waals surface area contributed by atoms with Crippen LogP contribution in [0.25, 0.3) is 0 Å². The molecule has 0 N–H and O–H groups in total. The van der Waals surface area contributed by atoms with Crippen LogP contribution in [0.2, 0.25) is 0 Å². The number of halogens is 2. The molecule has 0 aliphatic heterocycles. The van der Waals surface area contributed by atoms with Crippen LogP contribution in [0.15, 0.2) is 0 Å². The summed E-state index contributed by atoms with van der Waals surface area (Å²) in [6.07, 6.45) is 0. The molecule has 3 nitrogen and oxygen atoms in total. The minimum Gasteiger partial charge on any atom is -0.872 e. The van der Waals surface area contributed by atoms with Gasteiger partial charge in [0.25, 0.3) is 0 Å². The molecule has 0 rings (SSSR count). The first-order valence-electron chi connectivity index (χ1n) is 1.38. The van der Waals surface area contributed by atoms with Crippen molar-refractivity contribution >= 4 is 54.7 Å². The molecule has 0 unspecified atom stereocenters. The van der Waals surface area contributed by atoms with Gasteiger partial charge in [0, 0.05) is 7.32 Å². The molecule has 0 radical (unpaired) electrons. The molecule has 0 fully saturated rings. The molecule has 0 heterocycles. The molecule has 0 aliphatic rings. The van der Waals surface area contributed by atoms with E-state index in [9.17, 15) is 10.0 Å². The number of hydrogen-bond acceptors (Lipinski definition) is 3. The van der Waals surface area contributed by atoms with Gasteiger partial charge in [0.2, 0.25) is 0 Å². The summed E-state index contributed by atoms with van der Waals surface area (Å²) < 4.78 is 3.80. The monoisotopic (exact) mass is 370 g/mol. The summed E-state index contributed by atoms with van der Waals surface area (Å²) in [5, 5.41) is 19.1. The second kappa shape index (κ2) is 11.5. The van der Waals surface area contributed by atoms with Crippen LogP contribution in [0, 0.1) is 0 Å². The molecule has 9 heteroatoms. The van der Waals surface area contributed by atoms with Gasteiger partial charge in [-0.05, 0) is 0 Å². The normalized spacial score (nSPS) is 6.67. The van der Waals surface area contributed by atoms with Gasteiger partial charge in [0.1, 0.15) is 0 Å². The van der Waals surface area contributed by atoms with Gasteiger partial charge >= 0.3 is 61.7 Å². The smallest absolute Gasteiger partial charge is 0.872 e. The summed E-state index contributed by atoms with van der Waals surface area (Å²) in [5.41, 5.74) is 0. The van der Waals surface area contributed by atoms with E-state index in [-0.39, 0.29) is 61.7 Å². The van der Waals surface area contributed by atoms with E-state index in [0.29, 0.717) is 0 Å². The van der Waals surface area contributed by atoms with Crippen LogP contribution in [0.1, 0.15) is 0 Å². The maximum Gasteiger partial charge on any atom is 1.00 e. The molecule has 0 aromatic heterocycles. The number of rotatable bonds is 2. The van der Waals surface area contributed by atoms with Gasteiger partial charge in [-0.1, -0.05) is 44.7 Å². The Morgan fingerprint density at radius 2 is 1.44 bits per heavy atom. The second-order valence-electron chi connectivity index (χ2n) is 0.685. The summed E-state index contributed by atoms with van der Waals surface area (Å²) in [4.78, 5) is 0. The molecule has 0 atom stereocenters.